The van der Waals surface area contributed by atoms with Crippen LogP contribution in [0.5, 0.6) is 0 Å². The SMILES string of the molecule is Cc1cc(C(=O)O)ccc1NCC(C)(C)c1cccs1. The highest BCUT2D eigenvalue weighted by Crippen LogP contribution is 2.28. The highest BCUT2D eigenvalue weighted by Gasteiger charge is 2.21. The van der Waals surface area contributed by atoms with Gasteiger partial charge in [-0.05, 0) is 42.1 Å². The maximum atomic E-state index is 10.9. The molecule has 0 amide bonds. The number of benzene rings is 1. The molecule has 0 aliphatic heterocycles. The molecule has 3 nitrogen and oxygen atoms in total. The predicted octanol–water partition coefficient (Wildman–Crippen LogP) is 4.14. The molecule has 0 spiro atoms. The molecule has 1 heterocycles. The van der Waals surface area contributed by atoms with Gasteiger partial charge in [0.1, 0.15) is 0 Å². The number of anilines is 1. The minimum atomic E-state index is -0.890. The highest BCUT2D eigenvalue weighted by molar-refractivity contribution is 7.10. The van der Waals surface area contributed by atoms with E-state index in [1.165, 1.54) is 4.88 Å². The Balaban J connectivity index is 2.10. The number of aryl methyl sites for hydroxylation is 1. The van der Waals surface area contributed by atoms with Gasteiger partial charge in [0.05, 0.1) is 5.56 Å². The quantitative estimate of drug-likeness (QED) is 0.869. The molecule has 106 valence electrons. The molecular formula is C16H19NO2S. The molecule has 0 saturated heterocycles. The first kappa shape index (κ1) is 14.6. The van der Waals surface area contributed by atoms with E-state index in [9.17, 15) is 4.79 Å². The Morgan fingerprint density at radius 3 is 2.65 bits per heavy atom. The molecule has 2 aromatic rings. The first-order valence-electron chi connectivity index (χ1n) is 6.52. The van der Waals surface area contributed by atoms with Crippen molar-refractivity contribution < 1.29 is 9.90 Å². The number of hydrogen-bond donors (Lipinski definition) is 2. The fraction of sp³-hybridized carbons (Fsp3) is 0.312. The van der Waals surface area contributed by atoms with E-state index in [1.807, 2.05) is 13.0 Å². The summed E-state index contributed by atoms with van der Waals surface area (Å²) < 4.78 is 0. The Hall–Kier alpha value is -1.81. The summed E-state index contributed by atoms with van der Waals surface area (Å²) >= 11 is 1.76. The molecule has 4 heteroatoms. The summed E-state index contributed by atoms with van der Waals surface area (Å²) in [5, 5.41) is 14.5. The van der Waals surface area contributed by atoms with Gasteiger partial charge in [-0.1, -0.05) is 19.9 Å². The summed E-state index contributed by atoms with van der Waals surface area (Å²) in [4.78, 5) is 12.3. The van der Waals surface area contributed by atoms with Crippen molar-refractivity contribution in [2.45, 2.75) is 26.2 Å². The van der Waals surface area contributed by atoms with E-state index in [0.29, 0.717) is 5.56 Å². The zero-order valence-electron chi connectivity index (χ0n) is 11.9. The Kier molecular flexibility index (Phi) is 4.14. The molecule has 2 N–H and O–H groups in total. The largest absolute Gasteiger partial charge is 0.478 e. The van der Waals surface area contributed by atoms with Crippen molar-refractivity contribution in [3.63, 3.8) is 0 Å². The summed E-state index contributed by atoms with van der Waals surface area (Å²) in [5.74, 6) is -0.890. The van der Waals surface area contributed by atoms with Crippen LogP contribution in [0.25, 0.3) is 0 Å². The second kappa shape index (κ2) is 5.67. The average molecular weight is 289 g/mol. The summed E-state index contributed by atoms with van der Waals surface area (Å²) in [6, 6.07) is 9.38. The summed E-state index contributed by atoms with van der Waals surface area (Å²) in [5.41, 5.74) is 2.31. The van der Waals surface area contributed by atoms with Crippen LogP contribution in [0.2, 0.25) is 0 Å². The van der Waals surface area contributed by atoms with Crippen molar-refractivity contribution in [3.05, 3.63) is 51.7 Å². The van der Waals surface area contributed by atoms with Gasteiger partial charge in [-0.3, -0.25) is 0 Å². The summed E-state index contributed by atoms with van der Waals surface area (Å²) in [7, 11) is 0. The lowest BCUT2D eigenvalue weighted by molar-refractivity contribution is 0.0697. The molecule has 2 rings (SSSR count). The Labute approximate surface area is 123 Å². The van der Waals surface area contributed by atoms with Crippen LogP contribution in [-0.4, -0.2) is 17.6 Å². The van der Waals surface area contributed by atoms with Crippen LogP contribution in [0.3, 0.4) is 0 Å². The zero-order valence-corrected chi connectivity index (χ0v) is 12.8. The molecule has 20 heavy (non-hydrogen) atoms. The van der Waals surface area contributed by atoms with Crippen molar-refractivity contribution in [1.82, 2.24) is 0 Å². The van der Waals surface area contributed by atoms with Gasteiger partial charge in [-0.2, -0.15) is 0 Å². The lowest BCUT2D eigenvalue weighted by Gasteiger charge is -2.25. The summed E-state index contributed by atoms with van der Waals surface area (Å²) in [6.45, 7) is 7.13. The third kappa shape index (κ3) is 3.20. The second-order valence-corrected chi connectivity index (χ2v) is 6.50. The van der Waals surface area contributed by atoms with Gasteiger partial charge in [-0.25, -0.2) is 4.79 Å². The Morgan fingerprint density at radius 2 is 2.10 bits per heavy atom. The van der Waals surface area contributed by atoms with Crippen molar-refractivity contribution >= 4 is 23.0 Å². The topological polar surface area (TPSA) is 49.3 Å². The van der Waals surface area contributed by atoms with Crippen LogP contribution in [0.15, 0.2) is 35.7 Å². The molecule has 0 bridgehead atoms. The van der Waals surface area contributed by atoms with Crippen LogP contribution in [0.1, 0.15) is 34.6 Å². The average Bonchev–Trinajstić information content (AvgIpc) is 2.91. The molecular weight excluding hydrogens is 270 g/mol. The Morgan fingerprint density at radius 1 is 1.35 bits per heavy atom. The smallest absolute Gasteiger partial charge is 0.335 e. The minimum absolute atomic E-state index is 0.0477. The van der Waals surface area contributed by atoms with E-state index in [4.69, 9.17) is 5.11 Å². The molecule has 1 aromatic carbocycles. The summed E-state index contributed by atoms with van der Waals surface area (Å²) in [6.07, 6.45) is 0. The lowest BCUT2D eigenvalue weighted by Crippen LogP contribution is -2.26. The van der Waals surface area contributed by atoms with E-state index in [-0.39, 0.29) is 5.41 Å². The zero-order chi connectivity index (χ0) is 14.8. The number of nitrogens with one attached hydrogen (secondary N) is 1. The van der Waals surface area contributed by atoms with Crippen LogP contribution in [-0.2, 0) is 5.41 Å². The number of carboxylic acids is 1. The van der Waals surface area contributed by atoms with Crippen LogP contribution >= 0.6 is 11.3 Å². The molecule has 0 unspecified atom stereocenters. The molecule has 1 aromatic heterocycles. The van der Waals surface area contributed by atoms with Crippen molar-refractivity contribution in [1.29, 1.82) is 0 Å². The highest BCUT2D eigenvalue weighted by atomic mass is 32.1. The molecule has 0 saturated carbocycles. The number of carboxylic acid groups (broad SMARTS) is 1. The number of thiophene rings is 1. The van der Waals surface area contributed by atoms with Gasteiger partial charge in [0, 0.05) is 22.5 Å². The van der Waals surface area contributed by atoms with Crippen LogP contribution in [0.4, 0.5) is 5.69 Å². The fourth-order valence-electron chi connectivity index (χ4n) is 2.06. The molecule has 0 fully saturated rings. The third-order valence-electron chi connectivity index (χ3n) is 3.38. The van der Waals surface area contributed by atoms with Gasteiger partial charge < -0.3 is 10.4 Å². The van der Waals surface area contributed by atoms with Crippen molar-refractivity contribution in [2.75, 3.05) is 11.9 Å². The molecule has 0 aliphatic rings. The molecule has 0 radical (unpaired) electrons. The number of rotatable bonds is 5. The van der Waals surface area contributed by atoms with E-state index in [0.717, 1.165) is 17.8 Å². The van der Waals surface area contributed by atoms with Crippen LogP contribution < -0.4 is 5.32 Å². The minimum Gasteiger partial charge on any atom is -0.478 e. The predicted molar refractivity (Wildman–Crippen MR) is 84.0 cm³/mol. The van der Waals surface area contributed by atoms with Crippen molar-refractivity contribution in [2.24, 2.45) is 0 Å². The van der Waals surface area contributed by atoms with E-state index >= 15 is 0 Å². The number of carbonyl (C=O) groups is 1. The maximum Gasteiger partial charge on any atom is 0.335 e. The van der Waals surface area contributed by atoms with Gasteiger partial charge in [0.25, 0.3) is 0 Å². The second-order valence-electron chi connectivity index (χ2n) is 5.55. The maximum absolute atomic E-state index is 10.9. The first-order valence-corrected chi connectivity index (χ1v) is 7.40. The number of aromatic carboxylic acids is 1. The van der Waals surface area contributed by atoms with Gasteiger partial charge in [0.15, 0.2) is 0 Å². The van der Waals surface area contributed by atoms with Crippen molar-refractivity contribution in [3.8, 4) is 0 Å². The van der Waals surface area contributed by atoms with Gasteiger partial charge in [0.2, 0.25) is 0 Å². The van der Waals surface area contributed by atoms with Crippen LogP contribution in [0, 0.1) is 6.92 Å². The van der Waals surface area contributed by atoms with Gasteiger partial charge >= 0.3 is 5.97 Å². The number of hydrogen-bond acceptors (Lipinski definition) is 3. The third-order valence-corrected chi connectivity index (χ3v) is 4.62. The van der Waals surface area contributed by atoms with Gasteiger partial charge in [-0.15, -0.1) is 11.3 Å². The Bertz CT molecular complexity index is 603. The van der Waals surface area contributed by atoms with E-state index < -0.39 is 5.97 Å². The monoisotopic (exact) mass is 289 g/mol. The van der Waals surface area contributed by atoms with E-state index in [2.05, 4.69) is 36.7 Å². The standard InChI is InChI=1S/C16H19NO2S/c1-11-9-12(15(18)19)6-7-13(11)17-10-16(2,3)14-5-4-8-20-14/h4-9,17H,10H2,1-3H3,(H,18,19). The fourth-order valence-corrected chi connectivity index (χ4v) is 2.91. The van der Waals surface area contributed by atoms with E-state index in [1.54, 1.807) is 23.5 Å². The molecule has 0 aliphatic carbocycles. The first-order chi connectivity index (χ1) is 9.40. The normalized spacial score (nSPS) is 11.3. The lowest BCUT2D eigenvalue weighted by atomic mass is 9.91. The molecule has 0 atom stereocenters.